The molecule has 1 aromatic carbocycles. The third-order valence-electron chi connectivity index (χ3n) is 5.44. The summed E-state index contributed by atoms with van der Waals surface area (Å²) >= 11 is 0. The SMILES string of the molecule is CC(C)(C)OC(=O)N1CC[C@H]2[C@@H]1CCN2S(=O)(=O)c1cccc2cncc(F)c12. The van der Waals surface area contributed by atoms with Crippen LogP contribution in [0.4, 0.5) is 9.18 Å². The van der Waals surface area contributed by atoms with Gasteiger partial charge >= 0.3 is 6.09 Å². The van der Waals surface area contributed by atoms with Crippen LogP contribution in [-0.4, -0.2) is 59.5 Å². The number of nitrogens with zero attached hydrogens (tertiary/aromatic N) is 3. The number of amides is 1. The van der Waals surface area contributed by atoms with Gasteiger partial charge in [0, 0.05) is 36.1 Å². The number of ether oxygens (including phenoxy) is 1. The van der Waals surface area contributed by atoms with E-state index in [1.165, 1.54) is 16.6 Å². The molecule has 2 aromatic rings. The average Bonchev–Trinajstić information content (AvgIpc) is 3.21. The van der Waals surface area contributed by atoms with Gasteiger partial charge < -0.3 is 9.64 Å². The molecule has 29 heavy (non-hydrogen) atoms. The fraction of sp³-hybridized carbons (Fsp3) is 0.500. The van der Waals surface area contributed by atoms with E-state index in [1.807, 2.05) is 0 Å². The number of hydrogen-bond acceptors (Lipinski definition) is 5. The van der Waals surface area contributed by atoms with Crippen LogP contribution < -0.4 is 0 Å². The summed E-state index contributed by atoms with van der Waals surface area (Å²) in [6.45, 7) is 6.11. The second kappa shape index (κ2) is 6.91. The van der Waals surface area contributed by atoms with Crippen LogP contribution in [0.3, 0.4) is 0 Å². The zero-order chi connectivity index (χ0) is 21.0. The highest BCUT2D eigenvalue weighted by Gasteiger charge is 2.50. The van der Waals surface area contributed by atoms with Gasteiger partial charge in [-0.05, 0) is 39.7 Å². The highest BCUT2D eigenvalue weighted by molar-refractivity contribution is 7.89. The molecule has 0 aliphatic carbocycles. The van der Waals surface area contributed by atoms with Crippen LogP contribution in [0, 0.1) is 5.82 Å². The zero-order valence-corrected chi connectivity index (χ0v) is 17.4. The van der Waals surface area contributed by atoms with Gasteiger partial charge in [0.2, 0.25) is 10.0 Å². The fourth-order valence-corrected chi connectivity index (χ4v) is 6.22. The number of pyridine rings is 1. The molecule has 2 aliphatic heterocycles. The van der Waals surface area contributed by atoms with Gasteiger partial charge in [-0.15, -0.1) is 0 Å². The molecule has 0 unspecified atom stereocenters. The third-order valence-corrected chi connectivity index (χ3v) is 7.41. The number of fused-ring (bicyclic) bond motifs is 2. The number of carbonyl (C=O) groups excluding carboxylic acids is 1. The number of carbonyl (C=O) groups is 1. The maximum atomic E-state index is 14.4. The minimum Gasteiger partial charge on any atom is -0.444 e. The second-order valence-electron chi connectivity index (χ2n) is 8.48. The summed E-state index contributed by atoms with van der Waals surface area (Å²) in [5.41, 5.74) is -0.617. The first-order valence-corrected chi connectivity index (χ1v) is 11.1. The van der Waals surface area contributed by atoms with Gasteiger partial charge in [0.1, 0.15) is 5.60 Å². The second-order valence-corrected chi connectivity index (χ2v) is 10.3. The molecule has 2 saturated heterocycles. The molecule has 2 aliphatic rings. The van der Waals surface area contributed by atoms with Crippen LogP contribution >= 0.6 is 0 Å². The minimum atomic E-state index is -3.94. The summed E-state index contributed by atoms with van der Waals surface area (Å²) < 4.78 is 48.2. The summed E-state index contributed by atoms with van der Waals surface area (Å²) in [5.74, 6) is -0.667. The molecule has 7 nitrogen and oxygen atoms in total. The average molecular weight is 421 g/mol. The van der Waals surface area contributed by atoms with E-state index >= 15 is 0 Å². The Bertz CT molecular complexity index is 1060. The molecular formula is C20H24FN3O4S. The van der Waals surface area contributed by atoms with E-state index in [4.69, 9.17) is 4.74 Å². The lowest BCUT2D eigenvalue weighted by molar-refractivity contribution is 0.0225. The molecule has 1 aromatic heterocycles. The molecule has 3 heterocycles. The first-order valence-electron chi connectivity index (χ1n) is 9.63. The molecule has 0 saturated carbocycles. The van der Waals surface area contributed by atoms with Crippen molar-refractivity contribution in [2.24, 2.45) is 0 Å². The number of halogens is 1. The number of rotatable bonds is 2. The highest BCUT2D eigenvalue weighted by Crippen LogP contribution is 2.38. The van der Waals surface area contributed by atoms with Crippen molar-refractivity contribution in [1.29, 1.82) is 0 Å². The van der Waals surface area contributed by atoms with Crippen molar-refractivity contribution in [3.05, 3.63) is 36.4 Å². The van der Waals surface area contributed by atoms with E-state index in [1.54, 1.807) is 37.8 Å². The molecular weight excluding hydrogens is 397 g/mol. The predicted molar refractivity (Wildman–Crippen MR) is 105 cm³/mol. The standard InChI is InChI=1S/C20H24FN3O4S/c1-20(2,3)28-19(25)23-9-7-16-15(23)8-10-24(16)29(26,27)17-6-4-5-13-11-22-12-14(21)18(13)17/h4-6,11-12,15-16H,7-10H2,1-3H3/t15-,16-/m0/s1. The van der Waals surface area contributed by atoms with Gasteiger partial charge in [0.05, 0.1) is 17.1 Å². The van der Waals surface area contributed by atoms with Gasteiger partial charge in [0.15, 0.2) is 5.82 Å². The summed E-state index contributed by atoms with van der Waals surface area (Å²) in [5, 5.41) is 0.483. The summed E-state index contributed by atoms with van der Waals surface area (Å²) in [6, 6.07) is 4.07. The van der Waals surface area contributed by atoms with E-state index in [0.29, 0.717) is 24.8 Å². The molecule has 1 amide bonds. The van der Waals surface area contributed by atoms with E-state index in [-0.39, 0.29) is 28.9 Å². The molecule has 0 spiro atoms. The predicted octanol–water partition coefficient (Wildman–Crippen LogP) is 3.15. The Morgan fingerprint density at radius 1 is 1.17 bits per heavy atom. The van der Waals surface area contributed by atoms with Crippen LogP contribution in [0.5, 0.6) is 0 Å². The molecule has 2 fully saturated rings. The number of hydrogen-bond donors (Lipinski definition) is 0. The van der Waals surface area contributed by atoms with Crippen LogP contribution in [0.2, 0.25) is 0 Å². The molecule has 2 atom stereocenters. The number of likely N-dealkylation sites (tertiary alicyclic amines) is 1. The smallest absolute Gasteiger partial charge is 0.410 e. The Labute approximate surface area is 169 Å². The van der Waals surface area contributed by atoms with Crippen molar-refractivity contribution < 1.29 is 22.3 Å². The topological polar surface area (TPSA) is 79.8 Å². The van der Waals surface area contributed by atoms with Gasteiger partial charge in [0.25, 0.3) is 0 Å². The van der Waals surface area contributed by atoms with Crippen molar-refractivity contribution in [2.75, 3.05) is 13.1 Å². The maximum Gasteiger partial charge on any atom is 0.410 e. The van der Waals surface area contributed by atoms with Crippen molar-refractivity contribution >= 4 is 26.9 Å². The lowest BCUT2D eigenvalue weighted by Gasteiger charge is -2.28. The maximum absolute atomic E-state index is 14.4. The largest absolute Gasteiger partial charge is 0.444 e. The minimum absolute atomic E-state index is 0.0490. The first kappa shape index (κ1) is 20.0. The summed E-state index contributed by atoms with van der Waals surface area (Å²) in [4.78, 5) is 17.9. The highest BCUT2D eigenvalue weighted by atomic mass is 32.2. The van der Waals surface area contributed by atoms with Gasteiger partial charge in [-0.3, -0.25) is 4.98 Å². The fourth-order valence-electron chi connectivity index (χ4n) is 4.29. The van der Waals surface area contributed by atoms with Crippen LogP contribution in [0.25, 0.3) is 10.8 Å². The molecule has 0 bridgehead atoms. The molecule has 4 rings (SSSR count). The lowest BCUT2D eigenvalue weighted by Crippen LogP contribution is -2.43. The zero-order valence-electron chi connectivity index (χ0n) is 16.6. The Kier molecular flexibility index (Phi) is 4.77. The number of aromatic nitrogens is 1. The molecule has 0 radical (unpaired) electrons. The molecule has 9 heteroatoms. The van der Waals surface area contributed by atoms with Gasteiger partial charge in [-0.1, -0.05) is 12.1 Å². The number of sulfonamides is 1. The van der Waals surface area contributed by atoms with E-state index < -0.39 is 27.5 Å². The number of benzene rings is 1. The van der Waals surface area contributed by atoms with E-state index in [2.05, 4.69) is 4.98 Å². The molecule has 0 N–H and O–H groups in total. The Morgan fingerprint density at radius 3 is 2.62 bits per heavy atom. The van der Waals surface area contributed by atoms with Crippen molar-refractivity contribution in [1.82, 2.24) is 14.2 Å². The molecule has 156 valence electrons. The summed E-state index contributed by atoms with van der Waals surface area (Å²) in [7, 11) is -3.94. The Balaban J connectivity index is 1.65. The van der Waals surface area contributed by atoms with Crippen LogP contribution in [0.1, 0.15) is 33.6 Å². The van der Waals surface area contributed by atoms with Gasteiger partial charge in [-0.25, -0.2) is 17.6 Å². The quantitative estimate of drug-likeness (QED) is 0.744. The van der Waals surface area contributed by atoms with Crippen molar-refractivity contribution in [2.45, 2.75) is 56.2 Å². The third kappa shape index (κ3) is 3.46. The van der Waals surface area contributed by atoms with Crippen molar-refractivity contribution in [3.8, 4) is 0 Å². The Hall–Kier alpha value is -2.26. The Morgan fingerprint density at radius 2 is 1.90 bits per heavy atom. The van der Waals surface area contributed by atoms with Crippen LogP contribution in [0.15, 0.2) is 35.5 Å². The van der Waals surface area contributed by atoms with Gasteiger partial charge in [-0.2, -0.15) is 4.31 Å². The van der Waals surface area contributed by atoms with E-state index in [0.717, 1.165) is 6.20 Å². The normalized spacial score (nSPS) is 22.8. The first-order chi connectivity index (χ1) is 13.6. The summed E-state index contributed by atoms with van der Waals surface area (Å²) in [6.07, 6.45) is 3.10. The lowest BCUT2D eigenvalue weighted by atomic mass is 10.1. The van der Waals surface area contributed by atoms with E-state index in [9.17, 15) is 17.6 Å². The monoisotopic (exact) mass is 421 g/mol. The van der Waals surface area contributed by atoms with Crippen molar-refractivity contribution in [3.63, 3.8) is 0 Å². The van der Waals surface area contributed by atoms with Crippen LogP contribution in [-0.2, 0) is 14.8 Å².